The Kier molecular flexibility index (Phi) is 4.21. The summed E-state index contributed by atoms with van der Waals surface area (Å²) in [6.45, 7) is 2.08. The van der Waals surface area contributed by atoms with Gasteiger partial charge in [0, 0.05) is 37.4 Å². The van der Waals surface area contributed by atoms with E-state index in [1.54, 1.807) is 11.7 Å². The minimum absolute atomic E-state index is 0.0393. The summed E-state index contributed by atoms with van der Waals surface area (Å²) in [5.74, 6) is -0.767. The molecule has 25 heavy (non-hydrogen) atoms. The number of nitrogens with one attached hydrogen (secondary N) is 2. The predicted molar refractivity (Wildman–Crippen MR) is 89.7 cm³/mol. The van der Waals surface area contributed by atoms with Crippen molar-refractivity contribution in [3.8, 4) is 0 Å². The molecule has 4 rings (SSSR count). The van der Waals surface area contributed by atoms with Crippen molar-refractivity contribution in [3.05, 3.63) is 30.1 Å². The van der Waals surface area contributed by atoms with E-state index in [9.17, 15) is 9.59 Å². The Labute approximate surface area is 146 Å². The zero-order valence-electron chi connectivity index (χ0n) is 14.1. The second-order valence-electron chi connectivity index (χ2n) is 7.67. The summed E-state index contributed by atoms with van der Waals surface area (Å²) in [6, 6.07) is 5.29. The van der Waals surface area contributed by atoms with E-state index in [0.717, 1.165) is 31.5 Å². The molecule has 0 aromatic carbocycles. The summed E-state index contributed by atoms with van der Waals surface area (Å²) in [7, 11) is 0. The number of piperidine rings is 1. The van der Waals surface area contributed by atoms with Gasteiger partial charge in [-0.1, -0.05) is 6.07 Å². The molecule has 3 atom stereocenters. The molecule has 2 saturated heterocycles. The normalized spacial score (nSPS) is 30.3. The zero-order chi connectivity index (χ0) is 17.4. The van der Waals surface area contributed by atoms with Crippen molar-refractivity contribution in [2.45, 2.75) is 37.6 Å². The molecule has 2 amide bonds. The zero-order valence-corrected chi connectivity index (χ0v) is 14.1. The smallest absolute Gasteiger partial charge is 0.248 e. The first-order chi connectivity index (χ1) is 12.1. The lowest BCUT2D eigenvalue weighted by Crippen LogP contribution is -2.58. The Hall–Kier alpha value is -1.99. The van der Waals surface area contributed by atoms with E-state index in [0.29, 0.717) is 19.5 Å². The van der Waals surface area contributed by atoms with E-state index >= 15 is 0 Å². The highest BCUT2D eigenvalue weighted by Crippen LogP contribution is 2.52. The van der Waals surface area contributed by atoms with Crippen molar-refractivity contribution in [1.29, 1.82) is 0 Å². The molecule has 3 heterocycles. The molecule has 3 aliphatic rings. The van der Waals surface area contributed by atoms with E-state index in [2.05, 4.69) is 10.3 Å². The first-order valence-corrected chi connectivity index (χ1v) is 8.99. The monoisotopic (exact) mass is 344 g/mol. The highest BCUT2D eigenvalue weighted by molar-refractivity contribution is 5.90. The van der Waals surface area contributed by atoms with Gasteiger partial charge < -0.3 is 10.2 Å². The van der Waals surface area contributed by atoms with Gasteiger partial charge in [0.2, 0.25) is 11.8 Å². The highest BCUT2D eigenvalue weighted by atomic mass is 16.5. The molecule has 3 N–H and O–H groups in total. The van der Waals surface area contributed by atoms with E-state index in [1.165, 1.54) is 0 Å². The van der Waals surface area contributed by atoms with Gasteiger partial charge in [0.25, 0.3) is 0 Å². The van der Waals surface area contributed by atoms with Gasteiger partial charge in [-0.3, -0.25) is 19.8 Å². The number of hydroxylamine groups is 1. The van der Waals surface area contributed by atoms with Gasteiger partial charge in [0.05, 0.1) is 12.0 Å². The van der Waals surface area contributed by atoms with Crippen LogP contribution in [0.4, 0.5) is 0 Å². The summed E-state index contributed by atoms with van der Waals surface area (Å²) < 4.78 is 0. The van der Waals surface area contributed by atoms with E-state index < -0.39 is 17.9 Å². The van der Waals surface area contributed by atoms with Crippen LogP contribution in [0.3, 0.4) is 0 Å². The van der Waals surface area contributed by atoms with Crippen molar-refractivity contribution in [3.63, 3.8) is 0 Å². The lowest BCUT2D eigenvalue weighted by Gasteiger charge is -2.37. The molecule has 0 bridgehead atoms. The first kappa shape index (κ1) is 16.5. The maximum absolute atomic E-state index is 13.0. The van der Waals surface area contributed by atoms with Crippen LogP contribution in [0.2, 0.25) is 0 Å². The number of rotatable bonds is 3. The summed E-state index contributed by atoms with van der Waals surface area (Å²) in [5.41, 5.74) is 2.91. The van der Waals surface area contributed by atoms with Crippen molar-refractivity contribution >= 4 is 11.8 Å². The van der Waals surface area contributed by atoms with Crippen molar-refractivity contribution in [2.75, 3.05) is 19.6 Å². The Bertz CT molecular complexity index is 662. The second kappa shape index (κ2) is 6.38. The largest absolute Gasteiger partial charge is 0.341 e. The summed E-state index contributed by atoms with van der Waals surface area (Å²) in [5, 5.41) is 12.4. The minimum atomic E-state index is -0.555. The lowest BCUT2D eigenvalue weighted by atomic mass is 9.81. The molecule has 1 saturated carbocycles. The van der Waals surface area contributed by atoms with Crippen LogP contribution in [0.5, 0.6) is 0 Å². The molecule has 134 valence electrons. The van der Waals surface area contributed by atoms with Crippen LogP contribution in [-0.4, -0.2) is 52.6 Å². The number of amides is 2. The van der Waals surface area contributed by atoms with Crippen molar-refractivity contribution in [1.82, 2.24) is 20.7 Å². The molecule has 7 heteroatoms. The summed E-state index contributed by atoms with van der Waals surface area (Å²) in [6.07, 6.45) is 5.50. The number of nitrogens with zero attached hydrogens (tertiary/aromatic N) is 2. The average Bonchev–Trinajstić information content (AvgIpc) is 3.22. The molecule has 1 aliphatic carbocycles. The van der Waals surface area contributed by atoms with Crippen LogP contribution in [0.25, 0.3) is 0 Å². The van der Waals surface area contributed by atoms with Crippen LogP contribution in [0.1, 0.15) is 37.3 Å². The molecule has 1 aromatic heterocycles. The topological polar surface area (TPSA) is 94.6 Å². The number of carbonyl (C=O) groups is 2. The Morgan fingerprint density at radius 3 is 2.88 bits per heavy atom. The van der Waals surface area contributed by atoms with E-state index in [-0.39, 0.29) is 17.2 Å². The van der Waals surface area contributed by atoms with Crippen molar-refractivity contribution in [2.24, 2.45) is 11.3 Å². The molecular weight excluding hydrogens is 320 g/mol. The quantitative estimate of drug-likeness (QED) is 0.553. The molecule has 1 aromatic rings. The predicted octanol–water partition coefficient (Wildman–Crippen LogP) is 0.661. The second-order valence-corrected chi connectivity index (χ2v) is 7.67. The molecule has 0 radical (unpaired) electrons. The third-order valence-electron chi connectivity index (χ3n) is 6.03. The number of pyridine rings is 1. The number of aromatic nitrogens is 1. The number of carbonyl (C=O) groups excluding carboxylic acids is 2. The van der Waals surface area contributed by atoms with Crippen LogP contribution in [0.15, 0.2) is 24.4 Å². The Morgan fingerprint density at radius 1 is 1.36 bits per heavy atom. The molecular formula is C18H24N4O3. The van der Waals surface area contributed by atoms with Crippen LogP contribution in [0, 0.1) is 11.3 Å². The minimum Gasteiger partial charge on any atom is -0.341 e. The van der Waals surface area contributed by atoms with Gasteiger partial charge in [-0.05, 0) is 43.2 Å². The van der Waals surface area contributed by atoms with Gasteiger partial charge in [-0.15, -0.1) is 0 Å². The van der Waals surface area contributed by atoms with Crippen LogP contribution in [-0.2, 0) is 9.59 Å². The molecule has 2 aliphatic heterocycles. The first-order valence-electron chi connectivity index (χ1n) is 8.99. The number of hydrogen-bond donors (Lipinski definition) is 3. The van der Waals surface area contributed by atoms with E-state index in [1.807, 2.05) is 23.1 Å². The Morgan fingerprint density at radius 2 is 2.20 bits per heavy atom. The maximum Gasteiger partial charge on any atom is 0.248 e. The molecule has 7 nitrogen and oxygen atoms in total. The summed E-state index contributed by atoms with van der Waals surface area (Å²) >= 11 is 0. The SMILES string of the molecule is O=C(NO)[C@H]1CC2(CC2)CN[C@@H]1C(=O)N1CCC(c2ccccn2)C1. The van der Waals surface area contributed by atoms with E-state index in [4.69, 9.17) is 5.21 Å². The third kappa shape index (κ3) is 3.14. The fourth-order valence-corrected chi connectivity index (χ4v) is 4.29. The fourth-order valence-electron chi connectivity index (χ4n) is 4.29. The van der Waals surface area contributed by atoms with Gasteiger partial charge in [0.15, 0.2) is 0 Å². The number of likely N-dealkylation sites (tertiary alicyclic amines) is 1. The van der Waals surface area contributed by atoms with Gasteiger partial charge in [-0.2, -0.15) is 0 Å². The molecule has 1 unspecified atom stereocenters. The van der Waals surface area contributed by atoms with Gasteiger partial charge in [0.1, 0.15) is 0 Å². The third-order valence-corrected chi connectivity index (χ3v) is 6.03. The molecule has 3 fully saturated rings. The van der Waals surface area contributed by atoms with Gasteiger partial charge in [-0.25, -0.2) is 5.48 Å². The van der Waals surface area contributed by atoms with Crippen LogP contribution >= 0.6 is 0 Å². The van der Waals surface area contributed by atoms with Crippen molar-refractivity contribution < 1.29 is 14.8 Å². The lowest BCUT2D eigenvalue weighted by molar-refractivity contribution is -0.144. The average molecular weight is 344 g/mol. The molecule has 1 spiro atoms. The van der Waals surface area contributed by atoms with Gasteiger partial charge >= 0.3 is 0 Å². The fraction of sp³-hybridized carbons (Fsp3) is 0.611. The summed E-state index contributed by atoms with van der Waals surface area (Å²) in [4.78, 5) is 31.4. The maximum atomic E-state index is 13.0. The Balaban J connectivity index is 1.45. The van der Waals surface area contributed by atoms with Crippen LogP contribution < -0.4 is 10.8 Å². The standard InChI is InChI=1S/C18H24N4O3/c23-16(21-25)13-9-18(5-6-18)11-20-15(13)17(24)22-8-4-12(10-22)14-3-1-2-7-19-14/h1-3,7,12-13,15,20,25H,4-6,8-11H2,(H,21,23)/t12?,13-,15-/m0/s1. The number of hydrogen-bond acceptors (Lipinski definition) is 5. The highest BCUT2D eigenvalue weighted by Gasteiger charge is 2.53.